The van der Waals surface area contributed by atoms with Crippen molar-refractivity contribution in [3.05, 3.63) is 134 Å². The van der Waals surface area contributed by atoms with Gasteiger partial charge in [0.05, 0.1) is 16.6 Å². The minimum atomic E-state index is -0.157. The van der Waals surface area contributed by atoms with E-state index in [4.69, 9.17) is 4.99 Å². The van der Waals surface area contributed by atoms with Gasteiger partial charge in [0.15, 0.2) is 0 Å². The van der Waals surface area contributed by atoms with Crippen molar-refractivity contribution in [2.45, 2.75) is 25.2 Å². The van der Waals surface area contributed by atoms with Crippen molar-refractivity contribution >= 4 is 38.1 Å². The number of hydrogen-bond acceptors (Lipinski definition) is 3. The molecule has 34 heavy (non-hydrogen) atoms. The Kier molecular flexibility index (Phi) is 6.95. The zero-order valence-electron chi connectivity index (χ0n) is 18.5. The summed E-state index contributed by atoms with van der Waals surface area (Å²) < 4.78 is 1.51. The molecule has 0 aromatic heterocycles. The van der Waals surface area contributed by atoms with E-state index in [2.05, 4.69) is 116 Å². The maximum Gasteiger partial charge on any atom is 0.138 e. The molecule has 0 aliphatic carbocycles. The Morgan fingerprint density at radius 1 is 0.765 bits per heavy atom. The van der Waals surface area contributed by atoms with Crippen molar-refractivity contribution in [1.29, 1.82) is 0 Å². The fourth-order valence-corrected chi connectivity index (χ4v) is 5.90. The fourth-order valence-electron chi connectivity index (χ4n) is 4.64. The molecule has 0 radical (unpaired) electrons. The van der Waals surface area contributed by atoms with Crippen LogP contribution in [-0.4, -0.2) is 16.2 Å². The Bertz CT molecular complexity index is 1280. The number of halogens is 2. The van der Waals surface area contributed by atoms with Crippen LogP contribution in [0.15, 0.2) is 111 Å². The molecule has 0 amide bonds. The number of benzene rings is 4. The van der Waals surface area contributed by atoms with Gasteiger partial charge in [-0.15, -0.1) is 0 Å². The average molecular weight is 576 g/mol. The van der Waals surface area contributed by atoms with E-state index < -0.39 is 0 Å². The highest BCUT2D eigenvalue weighted by Crippen LogP contribution is 2.41. The normalized spacial score (nSPS) is 15.4. The first-order valence-electron chi connectivity index (χ1n) is 11.2. The molecule has 0 bridgehead atoms. The second-order valence-electron chi connectivity index (χ2n) is 8.49. The van der Waals surface area contributed by atoms with Crippen LogP contribution in [0.4, 0.5) is 0 Å². The molecule has 170 valence electrons. The van der Waals surface area contributed by atoms with Crippen LogP contribution in [0.5, 0.6) is 5.75 Å². The lowest BCUT2D eigenvalue weighted by Crippen LogP contribution is -2.28. The molecule has 2 atom stereocenters. The molecule has 1 heterocycles. The van der Waals surface area contributed by atoms with Crippen LogP contribution < -0.4 is 0 Å². The summed E-state index contributed by atoms with van der Waals surface area (Å²) in [7, 11) is 0. The molecule has 3 nitrogen and oxygen atoms in total. The largest absolute Gasteiger partial charge is 0.506 e. The lowest BCUT2D eigenvalue weighted by atomic mass is 9.92. The smallest absolute Gasteiger partial charge is 0.138 e. The van der Waals surface area contributed by atoms with Crippen molar-refractivity contribution in [2.24, 2.45) is 4.99 Å². The summed E-state index contributed by atoms with van der Waals surface area (Å²) in [6.45, 7) is 1.75. The van der Waals surface area contributed by atoms with Gasteiger partial charge in [0.1, 0.15) is 5.75 Å². The van der Waals surface area contributed by atoms with Gasteiger partial charge in [-0.05, 0) is 50.3 Å². The highest BCUT2D eigenvalue weighted by molar-refractivity contribution is 9.11. The number of rotatable bonds is 6. The Morgan fingerprint density at radius 2 is 1.32 bits per heavy atom. The predicted octanol–water partition coefficient (Wildman–Crippen LogP) is 7.83. The summed E-state index contributed by atoms with van der Waals surface area (Å²) in [5.74, 6) is 0.184. The summed E-state index contributed by atoms with van der Waals surface area (Å²) in [4.78, 5) is 7.63. The molecule has 0 fully saturated rings. The number of phenols is 1. The SMILES string of the molecule is Oc1c(Br)cc(Br)cc1C=NC(c1ccccc1)C(c1ccccc1)N1Cc2ccccc2C1. The van der Waals surface area contributed by atoms with Gasteiger partial charge in [-0.2, -0.15) is 0 Å². The molecule has 1 aliphatic rings. The second-order valence-corrected chi connectivity index (χ2v) is 10.3. The van der Waals surface area contributed by atoms with Gasteiger partial charge in [0.2, 0.25) is 0 Å². The highest BCUT2D eigenvalue weighted by Gasteiger charge is 2.33. The van der Waals surface area contributed by atoms with Crippen molar-refractivity contribution < 1.29 is 5.11 Å². The van der Waals surface area contributed by atoms with E-state index in [1.54, 1.807) is 6.21 Å². The minimum Gasteiger partial charge on any atom is -0.506 e. The van der Waals surface area contributed by atoms with E-state index in [1.165, 1.54) is 16.7 Å². The third-order valence-electron chi connectivity index (χ3n) is 6.27. The zero-order chi connectivity index (χ0) is 23.5. The molecule has 1 aliphatic heterocycles. The zero-order valence-corrected chi connectivity index (χ0v) is 21.7. The van der Waals surface area contributed by atoms with Gasteiger partial charge in [-0.1, -0.05) is 101 Å². The van der Waals surface area contributed by atoms with Gasteiger partial charge in [0, 0.05) is 29.3 Å². The number of phenolic OH excluding ortho intramolecular Hbond substituents is 1. The maximum absolute atomic E-state index is 10.6. The van der Waals surface area contributed by atoms with Gasteiger partial charge < -0.3 is 5.11 Å². The van der Waals surface area contributed by atoms with Gasteiger partial charge >= 0.3 is 0 Å². The van der Waals surface area contributed by atoms with Crippen molar-refractivity contribution in [3.8, 4) is 5.75 Å². The molecular formula is C29H24Br2N2O. The monoisotopic (exact) mass is 574 g/mol. The third kappa shape index (κ3) is 4.88. The first-order chi connectivity index (χ1) is 16.6. The molecule has 0 spiro atoms. The summed E-state index contributed by atoms with van der Waals surface area (Å²) in [5.41, 5.74) is 5.76. The maximum atomic E-state index is 10.6. The van der Waals surface area contributed by atoms with Crippen LogP contribution in [0.25, 0.3) is 0 Å². The number of hydrogen-bond donors (Lipinski definition) is 1. The van der Waals surface area contributed by atoms with E-state index in [-0.39, 0.29) is 17.8 Å². The molecule has 4 aromatic carbocycles. The van der Waals surface area contributed by atoms with E-state index in [0.717, 1.165) is 23.1 Å². The topological polar surface area (TPSA) is 35.8 Å². The lowest BCUT2D eigenvalue weighted by molar-refractivity contribution is 0.174. The van der Waals surface area contributed by atoms with Crippen LogP contribution in [0.1, 0.15) is 39.9 Å². The molecule has 5 rings (SSSR count). The van der Waals surface area contributed by atoms with Gasteiger partial charge in [-0.25, -0.2) is 0 Å². The number of aromatic hydroxyl groups is 1. The van der Waals surface area contributed by atoms with Crippen molar-refractivity contribution in [1.82, 2.24) is 4.90 Å². The lowest BCUT2D eigenvalue weighted by Gasteiger charge is -2.33. The first-order valence-corrected chi connectivity index (χ1v) is 12.8. The van der Waals surface area contributed by atoms with Crippen molar-refractivity contribution in [2.75, 3.05) is 0 Å². The van der Waals surface area contributed by atoms with Gasteiger partial charge in [-0.3, -0.25) is 9.89 Å². The minimum absolute atomic E-state index is 0.0324. The summed E-state index contributed by atoms with van der Waals surface area (Å²) >= 11 is 6.96. The van der Waals surface area contributed by atoms with Crippen LogP contribution >= 0.6 is 31.9 Å². The quantitative estimate of drug-likeness (QED) is 0.238. The highest BCUT2D eigenvalue weighted by atomic mass is 79.9. The summed E-state index contributed by atoms with van der Waals surface area (Å²) in [6, 6.07) is 33.3. The Hall–Kier alpha value is -2.73. The third-order valence-corrected chi connectivity index (χ3v) is 7.33. The first kappa shape index (κ1) is 23.0. The Morgan fingerprint density at radius 3 is 1.94 bits per heavy atom. The standard InChI is InChI=1S/C29H24Br2N2O/c30-25-15-24(29(34)26(31)16-25)17-32-27(20-9-3-1-4-10-20)28(21-11-5-2-6-12-21)33-18-22-13-7-8-14-23(22)19-33/h1-17,27-28,34H,18-19H2. The molecule has 1 N–H and O–H groups in total. The van der Waals surface area contributed by atoms with E-state index in [0.29, 0.717) is 10.0 Å². The Labute approximate surface area is 217 Å². The molecule has 2 unspecified atom stereocenters. The van der Waals surface area contributed by atoms with E-state index in [9.17, 15) is 5.11 Å². The van der Waals surface area contributed by atoms with E-state index >= 15 is 0 Å². The van der Waals surface area contributed by atoms with Crippen LogP contribution in [-0.2, 0) is 13.1 Å². The summed E-state index contributed by atoms with van der Waals surface area (Å²) in [5, 5.41) is 10.6. The molecule has 4 aromatic rings. The van der Waals surface area contributed by atoms with Crippen molar-refractivity contribution in [3.63, 3.8) is 0 Å². The molecule has 0 saturated carbocycles. The number of fused-ring (bicyclic) bond motifs is 1. The number of aliphatic imine (C=N–C) groups is 1. The average Bonchev–Trinajstić information content (AvgIpc) is 3.29. The predicted molar refractivity (Wildman–Crippen MR) is 145 cm³/mol. The van der Waals surface area contributed by atoms with Crippen LogP contribution in [0.2, 0.25) is 0 Å². The molecule has 5 heteroatoms. The van der Waals surface area contributed by atoms with Crippen LogP contribution in [0.3, 0.4) is 0 Å². The number of nitrogens with zero attached hydrogens (tertiary/aromatic N) is 2. The molecular weight excluding hydrogens is 552 g/mol. The second kappa shape index (κ2) is 10.3. The summed E-state index contributed by atoms with van der Waals surface area (Å²) in [6.07, 6.45) is 1.79. The fraction of sp³-hybridized carbons (Fsp3) is 0.138. The van der Waals surface area contributed by atoms with Gasteiger partial charge in [0.25, 0.3) is 0 Å². The van der Waals surface area contributed by atoms with E-state index in [1.807, 2.05) is 18.2 Å². The molecule has 0 saturated heterocycles. The van der Waals surface area contributed by atoms with Crippen LogP contribution in [0, 0.1) is 0 Å². The Balaban J connectivity index is 1.60.